The van der Waals surface area contributed by atoms with Crippen LogP contribution in [-0.2, 0) is 47.7 Å². The van der Waals surface area contributed by atoms with E-state index in [2.05, 4.69) is 0 Å². The predicted molar refractivity (Wildman–Crippen MR) is 155 cm³/mol. The predicted octanol–water partition coefficient (Wildman–Crippen LogP) is 4.14. The quantitative estimate of drug-likeness (QED) is 0.344. The number of fused-ring (bicyclic) bond motifs is 6. The summed E-state index contributed by atoms with van der Waals surface area (Å²) in [5.74, 6) is -1.97. The van der Waals surface area contributed by atoms with Crippen molar-refractivity contribution >= 4 is 35.1 Å². The standard InChI is InChI=1S/2C17H14O5/c2*1-4-5-11-6-10-7-13(19)17(3)15(12(10)8-21-11)14(9(2)18)16(20)22-17/h2*4-8H,1-3H3/b2*5-4+/t2*17-/m11/s1. The summed E-state index contributed by atoms with van der Waals surface area (Å²) in [6.45, 7) is 9.25. The van der Waals surface area contributed by atoms with Crippen molar-refractivity contribution in [1.82, 2.24) is 0 Å². The van der Waals surface area contributed by atoms with Crippen molar-refractivity contribution in [3.63, 3.8) is 0 Å². The molecule has 0 spiro atoms. The molecular weight excluding hydrogens is 568 g/mol. The third-order valence-electron chi connectivity index (χ3n) is 7.72. The Morgan fingerprint density at radius 3 is 1.32 bits per heavy atom. The van der Waals surface area contributed by atoms with Crippen LogP contribution < -0.4 is 0 Å². The Balaban J connectivity index is 0.000000175. The van der Waals surface area contributed by atoms with E-state index >= 15 is 0 Å². The zero-order chi connectivity index (χ0) is 32.1. The van der Waals surface area contributed by atoms with Crippen molar-refractivity contribution in [3.8, 4) is 0 Å². The van der Waals surface area contributed by atoms with E-state index in [0.717, 1.165) is 0 Å². The normalized spacial score (nSPS) is 26.8. The SMILES string of the molecule is C/C=C/C1=CC2=CC(=O)[C@@]3(C)OC(=O)C(C(C)=O)=C3C2=CO1.C/C=C/C1=CC2=CC(=O)[C@@]3(C)OC(=O)C(C(C)=O)=C3C2=CO1. The third-order valence-corrected chi connectivity index (χ3v) is 7.72. The monoisotopic (exact) mass is 596 g/mol. The molecule has 10 nitrogen and oxygen atoms in total. The topological polar surface area (TPSA) is 139 Å². The fourth-order valence-electron chi connectivity index (χ4n) is 5.65. The zero-order valence-electron chi connectivity index (χ0n) is 24.9. The number of carbonyl (C=O) groups excluding carboxylic acids is 6. The first-order chi connectivity index (χ1) is 20.8. The lowest BCUT2D eigenvalue weighted by molar-refractivity contribution is -0.153. The Labute approximate surface area is 252 Å². The van der Waals surface area contributed by atoms with Crippen LogP contribution in [0.15, 0.2) is 117 Å². The van der Waals surface area contributed by atoms with Crippen molar-refractivity contribution < 1.29 is 47.7 Å². The molecule has 0 fully saturated rings. The molecular formula is C34H28O10. The Morgan fingerprint density at radius 1 is 0.636 bits per heavy atom. The molecule has 0 bridgehead atoms. The van der Waals surface area contributed by atoms with E-state index in [9.17, 15) is 28.8 Å². The molecule has 4 aliphatic heterocycles. The fourth-order valence-corrected chi connectivity index (χ4v) is 5.65. The molecule has 0 radical (unpaired) electrons. The Hall–Kier alpha value is -5.38. The van der Waals surface area contributed by atoms with Gasteiger partial charge in [0.2, 0.25) is 11.6 Å². The average molecular weight is 597 g/mol. The Kier molecular flexibility index (Phi) is 7.33. The lowest BCUT2D eigenvalue weighted by Crippen LogP contribution is -2.40. The van der Waals surface area contributed by atoms with Gasteiger partial charge in [0.1, 0.15) is 22.7 Å². The second-order valence-electron chi connectivity index (χ2n) is 10.8. The summed E-state index contributed by atoms with van der Waals surface area (Å²) < 4.78 is 21.4. The van der Waals surface area contributed by atoms with Gasteiger partial charge in [-0.2, -0.15) is 0 Å². The summed E-state index contributed by atoms with van der Waals surface area (Å²) in [5.41, 5.74) is -0.212. The highest BCUT2D eigenvalue weighted by atomic mass is 16.6. The first-order valence-electron chi connectivity index (χ1n) is 13.7. The van der Waals surface area contributed by atoms with Gasteiger partial charge in [0.05, 0.1) is 12.5 Å². The van der Waals surface area contributed by atoms with Crippen LogP contribution in [0.25, 0.3) is 0 Å². The molecule has 6 rings (SSSR count). The smallest absolute Gasteiger partial charge is 0.343 e. The maximum absolute atomic E-state index is 12.4. The molecule has 0 amide bonds. The van der Waals surface area contributed by atoms with Gasteiger partial charge in [0.15, 0.2) is 22.8 Å². The van der Waals surface area contributed by atoms with Crippen molar-refractivity contribution in [2.75, 3.05) is 0 Å². The second-order valence-corrected chi connectivity index (χ2v) is 10.8. The van der Waals surface area contributed by atoms with Crippen LogP contribution >= 0.6 is 0 Å². The number of hydrogen-bond donors (Lipinski definition) is 0. The van der Waals surface area contributed by atoms with Gasteiger partial charge in [-0.05, 0) is 89.1 Å². The Bertz CT molecular complexity index is 1680. The highest BCUT2D eigenvalue weighted by molar-refractivity contribution is 6.24. The third kappa shape index (κ3) is 4.59. The van der Waals surface area contributed by atoms with E-state index in [1.165, 1.54) is 52.4 Å². The van der Waals surface area contributed by atoms with E-state index in [1.54, 1.807) is 24.3 Å². The Morgan fingerprint density at radius 2 is 1.00 bits per heavy atom. The van der Waals surface area contributed by atoms with Crippen molar-refractivity contribution in [3.05, 3.63) is 117 Å². The minimum absolute atomic E-state index is 0.0841. The van der Waals surface area contributed by atoms with E-state index < -0.39 is 34.7 Å². The van der Waals surface area contributed by atoms with Crippen LogP contribution in [0.4, 0.5) is 0 Å². The molecule has 0 saturated carbocycles. The lowest BCUT2D eigenvalue weighted by Gasteiger charge is -2.31. The average Bonchev–Trinajstić information content (AvgIpc) is 3.40. The number of allylic oxidation sites excluding steroid dienone is 8. The molecule has 0 aromatic heterocycles. The van der Waals surface area contributed by atoms with Crippen LogP contribution in [0, 0.1) is 0 Å². The van der Waals surface area contributed by atoms with Gasteiger partial charge >= 0.3 is 11.9 Å². The molecule has 10 heteroatoms. The minimum atomic E-state index is -1.46. The summed E-state index contributed by atoms with van der Waals surface area (Å²) in [7, 11) is 0. The van der Waals surface area contributed by atoms with Crippen LogP contribution in [-0.4, -0.2) is 46.3 Å². The molecule has 0 N–H and O–H groups in total. The highest BCUT2D eigenvalue weighted by Crippen LogP contribution is 2.47. The number of rotatable bonds is 4. The van der Waals surface area contributed by atoms with Crippen LogP contribution in [0.1, 0.15) is 41.5 Å². The van der Waals surface area contributed by atoms with E-state index in [4.69, 9.17) is 18.9 Å². The molecule has 2 aliphatic carbocycles. The number of ketones is 4. The van der Waals surface area contributed by atoms with Crippen LogP contribution in [0.3, 0.4) is 0 Å². The highest BCUT2D eigenvalue weighted by Gasteiger charge is 2.55. The molecule has 6 aliphatic rings. The minimum Gasteiger partial charge on any atom is -0.464 e. The summed E-state index contributed by atoms with van der Waals surface area (Å²) in [5, 5.41) is 0. The van der Waals surface area contributed by atoms with Gasteiger partial charge in [-0.1, -0.05) is 12.2 Å². The van der Waals surface area contributed by atoms with Gasteiger partial charge in [-0.15, -0.1) is 0 Å². The summed E-state index contributed by atoms with van der Waals surface area (Å²) in [6.07, 6.45) is 16.2. The van der Waals surface area contributed by atoms with Crippen LogP contribution in [0.5, 0.6) is 0 Å². The van der Waals surface area contributed by atoms with Crippen molar-refractivity contribution in [2.45, 2.75) is 52.7 Å². The largest absolute Gasteiger partial charge is 0.464 e. The molecule has 0 aromatic rings. The molecule has 224 valence electrons. The maximum Gasteiger partial charge on any atom is 0.343 e. The number of esters is 2. The number of hydrogen-bond acceptors (Lipinski definition) is 10. The molecule has 0 unspecified atom stereocenters. The first-order valence-corrected chi connectivity index (χ1v) is 13.7. The number of ether oxygens (including phenoxy) is 4. The van der Waals surface area contributed by atoms with Gasteiger partial charge in [-0.3, -0.25) is 19.2 Å². The summed E-state index contributed by atoms with van der Waals surface area (Å²) in [4.78, 5) is 72.5. The molecule has 0 saturated heterocycles. The van der Waals surface area contributed by atoms with Crippen molar-refractivity contribution in [1.29, 1.82) is 0 Å². The van der Waals surface area contributed by atoms with Crippen molar-refractivity contribution in [2.24, 2.45) is 0 Å². The van der Waals surface area contributed by atoms with Gasteiger partial charge in [-0.25, -0.2) is 9.59 Å². The lowest BCUT2D eigenvalue weighted by atomic mass is 9.76. The number of Topliss-reactive ketones (excluding diaryl/α,β-unsaturated/α-hetero) is 2. The second kappa shape index (κ2) is 10.7. The van der Waals surface area contributed by atoms with Gasteiger partial charge in [0, 0.05) is 22.3 Å². The summed E-state index contributed by atoms with van der Waals surface area (Å²) in [6, 6.07) is 0. The zero-order valence-corrected chi connectivity index (χ0v) is 24.9. The fraction of sp³-hybridized carbons (Fsp3) is 0.235. The molecule has 2 atom stereocenters. The molecule has 4 heterocycles. The van der Waals surface area contributed by atoms with E-state index in [1.807, 2.05) is 26.0 Å². The van der Waals surface area contributed by atoms with E-state index in [-0.39, 0.29) is 22.7 Å². The molecule has 0 aromatic carbocycles. The maximum atomic E-state index is 12.4. The van der Waals surface area contributed by atoms with E-state index in [0.29, 0.717) is 45.0 Å². The van der Waals surface area contributed by atoms with Gasteiger partial charge in [0.25, 0.3) is 0 Å². The van der Waals surface area contributed by atoms with Crippen LogP contribution in [0.2, 0.25) is 0 Å². The number of carbonyl (C=O) groups is 6. The molecule has 44 heavy (non-hydrogen) atoms. The summed E-state index contributed by atoms with van der Waals surface area (Å²) >= 11 is 0. The van der Waals surface area contributed by atoms with Gasteiger partial charge < -0.3 is 18.9 Å². The first kappa shape index (κ1) is 30.1.